The van der Waals surface area contributed by atoms with E-state index in [1.54, 1.807) is 12.1 Å². The van der Waals surface area contributed by atoms with Gasteiger partial charge in [0.1, 0.15) is 11.6 Å². The molecule has 1 aliphatic rings. The molecular formula is C17H20FN3. The molecule has 0 saturated carbocycles. The first kappa shape index (κ1) is 14.1. The standard InChI is InChI=1S/C17H20FN3/c1-11(2)17-13-7-8-19-10-15(13)20-16(21-17)9-12-5-3-4-6-14(12)18/h3-6,11,19H,7-10H2,1-2H3. The first-order valence-corrected chi connectivity index (χ1v) is 7.48. The van der Waals surface area contributed by atoms with Gasteiger partial charge in [0.05, 0.1) is 11.4 Å². The quantitative estimate of drug-likeness (QED) is 0.942. The van der Waals surface area contributed by atoms with Crippen LogP contribution >= 0.6 is 0 Å². The minimum Gasteiger partial charge on any atom is -0.311 e. The summed E-state index contributed by atoms with van der Waals surface area (Å²) >= 11 is 0. The van der Waals surface area contributed by atoms with E-state index in [4.69, 9.17) is 4.98 Å². The van der Waals surface area contributed by atoms with E-state index in [-0.39, 0.29) is 5.82 Å². The van der Waals surface area contributed by atoms with Gasteiger partial charge in [0.2, 0.25) is 0 Å². The van der Waals surface area contributed by atoms with Gasteiger partial charge in [0.25, 0.3) is 0 Å². The molecule has 0 saturated heterocycles. The van der Waals surface area contributed by atoms with E-state index in [9.17, 15) is 4.39 Å². The molecule has 0 atom stereocenters. The molecule has 0 fully saturated rings. The van der Waals surface area contributed by atoms with Crippen molar-refractivity contribution in [2.24, 2.45) is 0 Å². The van der Waals surface area contributed by atoms with Crippen molar-refractivity contribution in [2.75, 3.05) is 6.54 Å². The van der Waals surface area contributed by atoms with Crippen LogP contribution in [0.15, 0.2) is 24.3 Å². The summed E-state index contributed by atoms with van der Waals surface area (Å²) in [6.07, 6.45) is 1.42. The zero-order valence-electron chi connectivity index (χ0n) is 12.5. The van der Waals surface area contributed by atoms with Crippen molar-refractivity contribution in [2.45, 2.75) is 39.2 Å². The summed E-state index contributed by atoms with van der Waals surface area (Å²) in [5.41, 5.74) is 4.12. The summed E-state index contributed by atoms with van der Waals surface area (Å²) in [7, 11) is 0. The molecule has 110 valence electrons. The van der Waals surface area contributed by atoms with Gasteiger partial charge in [-0.3, -0.25) is 0 Å². The first-order chi connectivity index (χ1) is 10.1. The molecule has 21 heavy (non-hydrogen) atoms. The van der Waals surface area contributed by atoms with E-state index in [1.807, 2.05) is 6.07 Å². The van der Waals surface area contributed by atoms with Gasteiger partial charge in [-0.25, -0.2) is 14.4 Å². The van der Waals surface area contributed by atoms with E-state index in [2.05, 4.69) is 24.1 Å². The van der Waals surface area contributed by atoms with Gasteiger partial charge < -0.3 is 5.32 Å². The predicted octanol–water partition coefficient (Wildman–Crippen LogP) is 2.98. The van der Waals surface area contributed by atoms with Gasteiger partial charge in [-0.1, -0.05) is 32.0 Å². The highest BCUT2D eigenvalue weighted by Gasteiger charge is 2.19. The van der Waals surface area contributed by atoms with Crippen LogP contribution in [0.4, 0.5) is 4.39 Å². The van der Waals surface area contributed by atoms with Gasteiger partial charge in [-0.15, -0.1) is 0 Å². The third kappa shape index (κ3) is 2.95. The summed E-state index contributed by atoms with van der Waals surface area (Å²) in [6, 6.07) is 6.84. The molecule has 1 aliphatic heterocycles. The maximum Gasteiger partial charge on any atom is 0.133 e. The minimum absolute atomic E-state index is 0.192. The fraction of sp³-hybridized carbons (Fsp3) is 0.412. The lowest BCUT2D eigenvalue weighted by Crippen LogP contribution is -2.27. The lowest BCUT2D eigenvalue weighted by Gasteiger charge is -2.21. The number of fused-ring (bicyclic) bond motifs is 1. The zero-order chi connectivity index (χ0) is 14.8. The summed E-state index contributed by atoms with van der Waals surface area (Å²) in [5, 5.41) is 3.35. The highest BCUT2D eigenvalue weighted by atomic mass is 19.1. The molecule has 2 heterocycles. The number of aromatic nitrogens is 2. The molecule has 3 rings (SSSR count). The number of nitrogens with one attached hydrogen (secondary N) is 1. The van der Waals surface area contributed by atoms with Gasteiger partial charge in [0.15, 0.2) is 0 Å². The average molecular weight is 285 g/mol. The van der Waals surface area contributed by atoms with Crippen LogP contribution in [0.2, 0.25) is 0 Å². The molecule has 0 radical (unpaired) electrons. The summed E-state index contributed by atoms with van der Waals surface area (Å²) in [5.74, 6) is 0.883. The topological polar surface area (TPSA) is 37.8 Å². The largest absolute Gasteiger partial charge is 0.311 e. The first-order valence-electron chi connectivity index (χ1n) is 7.48. The molecule has 1 aromatic carbocycles. The van der Waals surface area contributed by atoms with E-state index >= 15 is 0 Å². The number of hydrogen-bond donors (Lipinski definition) is 1. The molecule has 0 spiro atoms. The molecule has 4 heteroatoms. The van der Waals surface area contributed by atoms with Crippen LogP contribution < -0.4 is 5.32 Å². The van der Waals surface area contributed by atoms with Crippen LogP contribution in [0, 0.1) is 5.82 Å². The van der Waals surface area contributed by atoms with Crippen molar-refractivity contribution in [1.29, 1.82) is 0 Å². The van der Waals surface area contributed by atoms with E-state index in [1.165, 1.54) is 11.6 Å². The highest BCUT2D eigenvalue weighted by molar-refractivity contribution is 5.32. The second-order valence-corrected chi connectivity index (χ2v) is 5.80. The Bertz CT molecular complexity index is 652. The second-order valence-electron chi connectivity index (χ2n) is 5.80. The zero-order valence-corrected chi connectivity index (χ0v) is 12.5. The number of benzene rings is 1. The van der Waals surface area contributed by atoms with Crippen molar-refractivity contribution >= 4 is 0 Å². The number of halogens is 1. The van der Waals surface area contributed by atoms with Crippen LogP contribution in [-0.2, 0) is 19.4 Å². The number of nitrogens with zero attached hydrogens (tertiary/aromatic N) is 2. The van der Waals surface area contributed by atoms with Crippen molar-refractivity contribution in [3.63, 3.8) is 0 Å². The van der Waals surface area contributed by atoms with Crippen LogP contribution in [0.5, 0.6) is 0 Å². The Morgan fingerprint density at radius 1 is 1.24 bits per heavy atom. The van der Waals surface area contributed by atoms with Crippen LogP contribution in [-0.4, -0.2) is 16.5 Å². The molecule has 3 nitrogen and oxygen atoms in total. The van der Waals surface area contributed by atoms with Crippen LogP contribution in [0.3, 0.4) is 0 Å². The average Bonchev–Trinajstić information content (AvgIpc) is 2.48. The maximum absolute atomic E-state index is 13.8. The van der Waals surface area contributed by atoms with E-state index in [0.29, 0.717) is 23.7 Å². The third-order valence-electron chi connectivity index (χ3n) is 3.87. The summed E-state index contributed by atoms with van der Waals surface area (Å²) in [6.45, 7) is 6.06. The van der Waals surface area contributed by atoms with Gasteiger partial charge >= 0.3 is 0 Å². The maximum atomic E-state index is 13.8. The fourth-order valence-electron chi connectivity index (χ4n) is 2.81. The monoisotopic (exact) mass is 285 g/mol. The van der Waals surface area contributed by atoms with E-state index < -0.39 is 0 Å². The van der Waals surface area contributed by atoms with Crippen LogP contribution in [0.25, 0.3) is 0 Å². The second kappa shape index (κ2) is 5.90. The molecule has 0 unspecified atom stereocenters. The Morgan fingerprint density at radius 3 is 2.81 bits per heavy atom. The Balaban J connectivity index is 1.99. The number of hydrogen-bond acceptors (Lipinski definition) is 3. The van der Waals surface area contributed by atoms with Crippen molar-refractivity contribution in [3.05, 3.63) is 58.4 Å². The number of rotatable bonds is 3. The van der Waals surface area contributed by atoms with Gasteiger partial charge in [-0.2, -0.15) is 0 Å². The van der Waals surface area contributed by atoms with Crippen molar-refractivity contribution in [1.82, 2.24) is 15.3 Å². The summed E-state index contributed by atoms with van der Waals surface area (Å²) < 4.78 is 13.8. The lowest BCUT2D eigenvalue weighted by molar-refractivity contribution is 0.594. The Morgan fingerprint density at radius 2 is 2.05 bits per heavy atom. The third-order valence-corrected chi connectivity index (χ3v) is 3.87. The molecule has 0 amide bonds. The molecule has 0 bridgehead atoms. The van der Waals surface area contributed by atoms with Gasteiger partial charge in [-0.05, 0) is 36.1 Å². The van der Waals surface area contributed by atoms with E-state index in [0.717, 1.165) is 30.9 Å². The van der Waals surface area contributed by atoms with Crippen LogP contribution in [0.1, 0.15) is 48.1 Å². The highest BCUT2D eigenvalue weighted by Crippen LogP contribution is 2.23. The SMILES string of the molecule is CC(C)c1nc(Cc2ccccc2F)nc2c1CCNC2. The Kier molecular flexibility index (Phi) is 3.97. The smallest absolute Gasteiger partial charge is 0.133 e. The normalized spacial score (nSPS) is 14.3. The Hall–Kier alpha value is -1.81. The molecular weight excluding hydrogens is 265 g/mol. The van der Waals surface area contributed by atoms with Crippen molar-refractivity contribution < 1.29 is 4.39 Å². The fourth-order valence-corrected chi connectivity index (χ4v) is 2.81. The summed E-state index contributed by atoms with van der Waals surface area (Å²) in [4.78, 5) is 9.37. The lowest BCUT2D eigenvalue weighted by atomic mass is 9.97. The molecule has 1 aromatic heterocycles. The van der Waals surface area contributed by atoms with Gasteiger partial charge in [0, 0.05) is 13.0 Å². The molecule has 1 N–H and O–H groups in total. The molecule has 2 aromatic rings. The van der Waals surface area contributed by atoms with Crippen molar-refractivity contribution in [3.8, 4) is 0 Å². The Labute approximate surface area is 124 Å². The predicted molar refractivity (Wildman–Crippen MR) is 80.7 cm³/mol. The minimum atomic E-state index is -0.192. The molecule has 0 aliphatic carbocycles.